The number of hydrogen-bond acceptors (Lipinski definition) is 5. The molecule has 0 aliphatic carbocycles. The molecule has 1 N–H and O–H groups in total. The number of rotatable bonds is 6. The third kappa shape index (κ3) is 4.53. The number of hydrogen-bond donors (Lipinski definition) is 1. The first-order valence-electron chi connectivity index (χ1n) is 9.18. The molecule has 1 aromatic carbocycles. The standard InChI is InChI=1S/C19H28N4O3/c1-21-7-9-22(10-8-21)17-5-3-16(4-6-17)20-19(25)15-13-18(24)23(14-15)11-12-26-2/h3-6,15H,7-14H2,1-2H3,(H,20,25). The van der Waals surface area contributed by atoms with Crippen molar-refractivity contribution in [2.45, 2.75) is 6.42 Å². The molecule has 0 bridgehead atoms. The average Bonchev–Trinajstić information content (AvgIpc) is 3.02. The van der Waals surface area contributed by atoms with Crippen LogP contribution < -0.4 is 10.2 Å². The second kappa shape index (κ2) is 8.51. The van der Waals surface area contributed by atoms with Crippen molar-refractivity contribution in [3.05, 3.63) is 24.3 Å². The van der Waals surface area contributed by atoms with Crippen molar-refractivity contribution in [3.63, 3.8) is 0 Å². The molecule has 7 heteroatoms. The monoisotopic (exact) mass is 360 g/mol. The van der Waals surface area contributed by atoms with Crippen LogP contribution in [0.5, 0.6) is 0 Å². The van der Waals surface area contributed by atoms with Gasteiger partial charge in [-0.05, 0) is 31.3 Å². The predicted octanol–water partition coefficient (Wildman–Crippen LogP) is 0.872. The van der Waals surface area contributed by atoms with Crippen molar-refractivity contribution in [2.24, 2.45) is 5.92 Å². The third-order valence-electron chi connectivity index (χ3n) is 5.15. The maximum absolute atomic E-state index is 12.5. The molecule has 3 rings (SSSR count). The number of benzene rings is 1. The number of nitrogens with zero attached hydrogens (tertiary/aromatic N) is 3. The Balaban J connectivity index is 1.52. The molecule has 142 valence electrons. The first kappa shape index (κ1) is 18.7. The lowest BCUT2D eigenvalue weighted by molar-refractivity contribution is -0.128. The van der Waals surface area contributed by atoms with Gasteiger partial charge in [-0.2, -0.15) is 0 Å². The summed E-state index contributed by atoms with van der Waals surface area (Å²) in [5, 5.41) is 2.94. The molecule has 2 saturated heterocycles. The highest BCUT2D eigenvalue weighted by atomic mass is 16.5. The first-order valence-corrected chi connectivity index (χ1v) is 9.18. The Hall–Kier alpha value is -2.12. The molecule has 2 aliphatic heterocycles. The third-order valence-corrected chi connectivity index (χ3v) is 5.15. The van der Waals surface area contributed by atoms with Crippen molar-refractivity contribution in [1.82, 2.24) is 9.80 Å². The molecule has 1 atom stereocenters. The highest BCUT2D eigenvalue weighted by Gasteiger charge is 2.34. The smallest absolute Gasteiger partial charge is 0.229 e. The molecule has 26 heavy (non-hydrogen) atoms. The molecule has 0 radical (unpaired) electrons. The number of nitrogens with one attached hydrogen (secondary N) is 1. The van der Waals surface area contributed by atoms with E-state index in [2.05, 4.69) is 22.2 Å². The molecule has 0 saturated carbocycles. The van der Waals surface area contributed by atoms with Gasteiger partial charge in [0.15, 0.2) is 0 Å². The Morgan fingerprint density at radius 2 is 1.88 bits per heavy atom. The minimum absolute atomic E-state index is 0.0209. The summed E-state index contributed by atoms with van der Waals surface area (Å²) in [5.74, 6) is -0.366. The number of piperazine rings is 1. The van der Waals surface area contributed by atoms with Gasteiger partial charge in [0.2, 0.25) is 11.8 Å². The van der Waals surface area contributed by atoms with Crippen molar-refractivity contribution < 1.29 is 14.3 Å². The summed E-state index contributed by atoms with van der Waals surface area (Å²) in [6.45, 7) is 5.66. The fraction of sp³-hybridized carbons (Fsp3) is 0.579. The number of likely N-dealkylation sites (tertiary alicyclic amines) is 1. The topological polar surface area (TPSA) is 65.1 Å². The van der Waals surface area contributed by atoms with E-state index in [0.717, 1.165) is 31.9 Å². The average molecular weight is 360 g/mol. The molecule has 2 aliphatic rings. The molecule has 7 nitrogen and oxygen atoms in total. The molecular formula is C19H28N4O3. The minimum Gasteiger partial charge on any atom is -0.383 e. The first-order chi connectivity index (χ1) is 12.6. The van der Waals surface area contributed by atoms with Gasteiger partial charge in [0.25, 0.3) is 0 Å². The van der Waals surface area contributed by atoms with E-state index >= 15 is 0 Å². The number of ether oxygens (including phenoxy) is 1. The van der Waals surface area contributed by atoms with Crippen molar-refractivity contribution in [3.8, 4) is 0 Å². The number of carbonyl (C=O) groups excluding carboxylic acids is 2. The summed E-state index contributed by atoms with van der Waals surface area (Å²) < 4.78 is 5.01. The van der Waals surface area contributed by atoms with Crippen molar-refractivity contribution >= 4 is 23.2 Å². The molecule has 2 amide bonds. The van der Waals surface area contributed by atoms with Crippen LogP contribution in [0, 0.1) is 5.92 Å². The fourth-order valence-corrected chi connectivity index (χ4v) is 3.43. The number of anilines is 2. The van der Waals surface area contributed by atoms with Crippen LogP contribution in [0.1, 0.15) is 6.42 Å². The Bertz CT molecular complexity index is 626. The largest absolute Gasteiger partial charge is 0.383 e. The quantitative estimate of drug-likeness (QED) is 0.816. The SMILES string of the molecule is COCCN1CC(C(=O)Nc2ccc(N3CCN(C)CC3)cc2)CC1=O. The van der Waals surface area contributed by atoms with E-state index in [-0.39, 0.29) is 24.2 Å². The molecule has 2 heterocycles. The predicted molar refractivity (Wildman–Crippen MR) is 101 cm³/mol. The summed E-state index contributed by atoms with van der Waals surface area (Å²) in [6.07, 6.45) is 0.273. The van der Waals surface area contributed by atoms with E-state index in [0.29, 0.717) is 19.7 Å². The molecule has 0 spiro atoms. The van der Waals surface area contributed by atoms with Gasteiger partial charge in [-0.3, -0.25) is 9.59 Å². The maximum atomic E-state index is 12.5. The molecule has 1 aromatic rings. The summed E-state index contributed by atoms with van der Waals surface area (Å²) >= 11 is 0. The second-order valence-corrected chi connectivity index (χ2v) is 7.06. The Kier molecular flexibility index (Phi) is 6.11. The van der Waals surface area contributed by atoms with Crippen LogP contribution in [0.2, 0.25) is 0 Å². The van der Waals surface area contributed by atoms with Gasteiger partial charge in [-0.25, -0.2) is 0 Å². The Labute approximate surface area is 154 Å². The molecule has 0 aromatic heterocycles. The summed E-state index contributed by atoms with van der Waals surface area (Å²) in [6, 6.07) is 7.97. The fourth-order valence-electron chi connectivity index (χ4n) is 3.43. The number of carbonyl (C=O) groups is 2. The van der Waals surface area contributed by atoms with Gasteiger partial charge >= 0.3 is 0 Å². The number of likely N-dealkylation sites (N-methyl/N-ethyl adjacent to an activating group) is 1. The minimum atomic E-state index is -0.295. The van der Waals surface area contributed by atoms with Crippen molar-refractivity contribution in [2.75, 3.05) is 70.2 Å². The van der Waals surface area contributed by atoms with Crippen LogP contribution in [0.3, 0.4) is 0 Å². The van der Waals surface area contributed by atoms with Crippen LogP contribution in [-0.2, 0) is 14.3 Å². The lowest BCUT2D eigenvalue weighted by Gasteiger charge is -2.34. The normalized spacial score (nSPS) is 21.3. The van der Waals surface area contributed by atoms with Crippen molar-refractivity contribution in [1.29, 1.82) is 0 Å². The molecule has 1 unspecified atom stereocenters. The van der Waals surface area contributed by atoms with E-state index in [1.165, 1.54) is 5.69 Å². The zero-order valence-electron chi connectivity index (χ0n) is 15.6. The summed E-state index contributed by atoms with van der Waals surface area (Å²) in [4.78, 5) is 30.8. The highest BCUT2D eigenvalue weighted by Crippen LogP contribution is 2.22. The number of methoxy groups -OCH3 is 1. The zero-order valence-corrected chi connectivity index (χ0v) is 15.6. The van der Waals surface area contributed by atoms with E-state index in [1.807, 2.05) is 24.3 Å². The van der Waals surface area contributed by atoms with Gasteiger partial charge in [0, 0.05) is 64.2 Å². The molecule has 2 fully saturated rings. The van der Waals surface area contributed by atoms with E-state index in [9.17, 15) is 9.59 Å². The Morgan fingerprint density at radius 1 is 1.19 bits per heavy atom. The Morgan fingerprint density at radius 3 is 2.54 bits per heavy atom. The van der Waals surface area contributed by atoms with Crippen LogP contribution in [0.25, 0.3) is 0 Å². The number of amides is 2. The zero-order chi connectivity index (χ0) is 18.5. The van der Waals surface area contributed by atoms with Gasteiger partial charge in [0.05, 0.1) is 12.5 Å². The van der Waals surface area contributed by atoms with E-state index in [1.54, 1.807) is 12.0 Å². The molecular weight excluding hydrogens is 332 g/mol. The van der Waals surface area contributed by atoms with Gasteiger partial charge < -0.3 is 24.8 Å². The van der Waals surface area contributed by atoms with Crippen LogP contribution in [-0.4, -0.2) is 81.6 Å². The highest BCUT2D eigenvalue weighted by molar-refractivity contribution is 5.97. The van der Waals surface area contributed by atoms with E-state index in [4.69, 9.17) is 4.74 Å². The van der Waals surface area contributed by atoms with Crippen LogP contribution in [0.15, 0.2) is 24.3 Å². The van der Waals surface area contributed by atoms with E-state index < -0.39 is 0 Å². The summed E-state index contributed by atoms with van der Waals surface area (Å²) in [7, 11) is 3.75. The van der Waals surface area contributed by atoms with Gasteiger partial charge in [-0.1, -0.05) is 0 Å². The second-order valence-electron chi connectivity index (χ2n) is 7.06. The lowest BCUT2D eigenvalue weighted by atomic mass is 10.1. The van der Waals surface area contributed by atoms with Gasteiger partial charge in [0.1, 0.15) is 0 Å². The maximum Gasteiger partial charge on any atom is 0.229 e. The van der Waals surface area contributed by atoms with Crippen LogP contribution >= 0.6 is 0 Å². The van der Waals surface area contributed by atoms with Crippen LogP contribution in [0.4, 0.5) is 11.4 Å². The van der Waals surface area contributed by atoms with Gasteiger partial charge in [-0.15, -0.1) is 0 Å². The lowest BCUT2D eigenvalue weighted by Crippen LogP contribution is -2.44. The summed E-state index contributed by atoms with van der Waals surface area (Å²) in [5.41, 5.74) is 1.95.